The fourth-order valence-electron chi connectivity index (χ4n) is 1.75. The molecule has 2 aromatic heterocycles. The van der Waals surface area contributed by atoms with Gasteiger partial charge in [-0.1, -0.05) is 23.5 Å². The fourth-order valence-corrected chi connectivity index (χ4v) is 4.72. The maximum Gasteiger partial charge on any atom is 0.236 e. The number of carbonyl (C=O) groups is 1. The van der Waals surface area contributed by atoms with Crippen molar-refractivity contribution in [2.45, 2.75) is 0 Å². The lowest BCUT2D eigenvalue weighted by molar-refractivity contribution is 0.102. The number of fused-ring (bicyclic) bond motifs is 2. The van der Waals surface area contributed by atoms with Crippen molar-refractivity contribution in [2.75, 3.05) is 0 Å². The third-order valence-electron chi connectivity index (χ3n) is 2.49. The summed E-state index contributed by atoms with van der Waals surface area (Å²) in [6, 6.07) is 0. The van der Waals surface area contributed by atoms with Crippen LogP contribution in [0.15, 0.2) is 15.1 Å². The van der Waals surface area contributed by atoms with Gasteiger partial charge in [0.2, 0.25) is 5.78 Å². The standard InChI is InChI=1S/C9H2N4OS4/c14-8-6-4(10-17-12-6)3(9-15-1-2-16-9)5-7(8)13-18-11-5/h1-2H. The summed E-state index contributed by atoms with van der Waals surface area (Å²) in [5.41, 5.74) is 2.97. The van der Waals surface area contributed by atoms with Crippen LogP contribution in [0.5, 0.6) is 0 Å². The highest BCUT2D eigenvalue weighted by molar-refractivity contribution is 8.27. The molecule has 18 heavy (non-hydrogen) atoms. The first-order chi connectivity index (χ1) is 8.86. The fraction of sp³-hybridized carbons (Fsp3) is 0. The number of rotatable bonds is 0. The molecule has 5 nitrogen and oxygen atoms in total. The molecular formula is C9H2N4OS4. The van der Waals surface area contributed by atoms with E-state index in [1.807, 2.05) is 10.8 Å². The monoisotopic (exact) mass is 310 g/mol. The zero-order valence-corrected chi connectivity index (χ0v) is 11.8. The molecule has 0 fully saturated rings. The average molecular weight is 310 g/mol. The summed E-state index contributed by atoms with van der Waals surface area (Å²) >= 11 is 5.32. The van der Waals surface area contributed by atoms with Crippen molar-refractivity contribution in [3.8, 4) is 0 Å². The molecule has 0 saturated carbocycles. The molecule has 3 heterocycles. The minimum atomic E-state index is -0.173. The van der Waals surface area contributed by atoms with Gasteiger partial charge in [-0.3, -0.25) is 4.79 Å². The van der Waals surface area contributed by atoms with Gasteiger partial charge >= 0.3 is 0 Å². The summed E-state index contributed by atoms with van der Waals surface area (Å²) in [6.45, 7) is 0. The molecule has 0 saturated heterocycles. The van der Waals surface area contributed by atoms with Crippen LogP contribution in [0, 0.1) is 0 Å². The second-order valence-corrected chi connectivity index (χ2v) is 6.57. The number of thioether (sulfide) groups is 2. The van der Waals surface area contributed by atoms with Crippen molar-refractivity contribution < 1.29 is 4.79 Å². The highest BCUT2D eigenvalue weighted by Gasteiger charge is 2.36. The van der Waals surface area contributed by atoms with Crippen molar-refractivity contribution in [3.05, 3.63) is 37.8 Å². The molecule has 0 radical (unpaired) electrons. The number of hydrogen-bond acceptors (Lipinski definition) is 9. The van der Waals surface area contributed by atoms with E-state index in [-0.39, 0.29) is 5.78 Å². The summed E-state index contributed by atoms with van der Waals surface area (Å²) in [5.74, 6) is -0.173. The zero-order valence-electron chi connectivity index (χ0n) is 8.48. The van der Waals surface area contributed by atoms with Crippen LogP contribution in [-0.2, 0) is 0 Å². The summed E-state index contributed by atoms with van der Waals surface area (Å²) in [5, 5.41) is 4.00. The largest absolute Gasteiger partial charge is 0.285 e. The van der Waals surface area contributed by atoms with Gasteiger partial charge in [0, 0.05) is 0 Å². The summed E-state index contributed by atoms with van der Waals surface area (Å²) in [7, 11) is 0. The summed E-state index contributed by atoms with van der Waals surface area (Å²) in [6.07, 6.45) is 0. The predicted octanol–water partition coefficient (Wildman–Crippen LogP) is 2.60. The predicted molar refractivity (Wildman–Crippen MR) is 73.6 cm³/mol. The molecule has 0 unspecified atom stereocenters. The summed E-state index contributed by atoms with van der Waals surface area (Å²) in [4.78, 5) is 12.1. The molecule has 1 aliphatic carbocycles. The van der Waals surface area contributed by atoms with E-state index in [1.54, 1.807) is 23.5 Å². The van der Waals surface area contributed by atoms with Crippen LogP contribution in [0.25, 0.3) is 5.57 Å². The Morgan fingerprint density at radius 1 is 0.778 bits per heavy atom. The number of aromatic nitrogens is 4. The molecule has 0 amide bonds. The number of nitrogens with zero attached hydrogens (tertiary/aromatic N) is 4. The van der Waals surface area contributed by atoms with Gasteiger partial charge in [-0.15, -0.1) is 0 Å². The lowest BCUT2D eigenvalue weighted by Gasteiger charge is -2.12. The molecule has 4 rings (SSSR count). The van der Waals surface area contributed by atoms with E-state index in [9.17, 15) is 4.79 Å². The lowest BCUT2D eigenvalue weighted by atomic mass is 9.96. The lowest BCUT2D eigenvalue weighted by Crippen LogP contribution is -2.14. The van der Waals surface area contributed by atoms with Crippen LogP contribution in [0.4, 0.5) is 0 Å². The third-order valence-corrected chi connectivity index (χ3v) is 5.68. The molecule has 88 valence electrons. The first kappa shape index (κ1) is 10.9. The van der Waals surface area contributed by atoms with Crippen LogP contribution in [0.2, 0.25) is 0 Å². The first-order valence-electron chi connectivity index (χ1n) is 4.79. The quantitative estimate of drug-likeness (QED) is 0.632. The van der Waals surface area contributed by atoms with Gasteiger partial charge < -0.3 is 0 Å². The van der Waals surface area contributed by atoms with Crippen molar-refractivity contribution in [1.82, 2.24) is 17.5 Å². The zero-order chi connectivity index (χ0) is 12.1. The van der Waals surface area contributed by atoms with E-state index in [2.05, 4.69) is 17.5 Å². The van der Waals surface area contributed by atoms with Gasteiger partial charge in [-0.05, 0) is 10.8 Å². The molecule has 0 atom stereocenters. The normalized spacial score (nSPS) is 17.2. The molecule has 0 aromatic carbocycles. The number of ketones is 1. The second kappa shape index (κ2) is 3.98. The SMILES string of the molecule is O=C1c2nsnc2C(=C2SC=CS2)c2nsnc21. The smallest absolute Gasteiger partial charge is 0.236 e. The highest BCUT2D eigenvalue weighted by atomic mass is 32.2. The Bertz CT molecular complexity index is 672. The van der Waals surface area contributed by atoms with Crippen LogP contribution >= 0.6 is 47.0 Å². The van der Waals surface area contributed by atoms with E-state index in [4.69, 9.17) is 0 Å². The molecule has 2 aliphatic rings. The molecule has 9 heteroatoms. The van der Waals surface area contributed by atoms with Gasteiger partial charge in [-0.2, -0.15) is 17.5 Å². The minimum absolute atomic E-state index is 0.173. The second-order valence-electron chi connectivity index (χ2n) is 3.42. The Kier molecular flexibility index (Phi) is 2.40. The van der Waals surface area contributed by atoms with Crippen molar-refractivity contribution in [1.29, 1.82) is 0 Å². The van der Waals surface area contributed by atoms with Gasteiger partial charge in [0.05, 0.1) is 33.3 Å². The number of hydrogen-bond donors (Lipinski definition) is 0. The van der Waals surface area contributed by atoms with Crippen LogP contribution < -0.4 is 0 Å². The Balaban J connectivity index is 2.06. The molecule has 0 N–H and O–H groups in total. The third kappa shape index (κ3) is 1.38. The number of carbonyl (C=O) groups excluding carboxylic acids is 1. The molecule has 1 aliphatic heterocycles. The minimum Gasteiger partial charge on any atom is -0.285 e. The molecule has 2 aromatic rings. The molecule has 0 spiro atoms. The maximum atomic E-state index is 12.1. The van der Waals surface area contributed by atoms with Gasteiger partial charge in [0.25, 0.3) is 0 Å². The van der Waals surface area contributed by atoms with Crippen LogP contribution in [-0.4, -0.2) is 23.3 Å². The Hall–Kier alpha value is -1.03. The summed E-state index contributed by atoms with van der Waals surface area (Å²) < 4.78 is 17.7. The van der Waals surface area contributed by atoms with E-state index in [0.29, 0.717) is 22.8 Å². The van der Waals surface area contributed by atoms with E-state index >= 15 is 0 Å². The van der Waals surface area contributed by atoms with E-state index in [1.165, 1.54) is 0 Å². The van der Waals surface area contributed by atoms with Crippen LogP contribution in [0.1, 0.15) is 27.6 Å². The topological polar surface area (TPSA) is 68.6 Å². The van der Waals surface area contributed by atoms with Gasteiger partial charge in [-0.25, -0.2) is 0 Å². The molecule has 0 bridgehead atoms. The van der Waals surface area contributed by atoms with Crippen molar-refractivity contribution in [3.63, 3.8) is 0 Å². The Morgan fingerprint density at radius 3 is 1.83 bits per heavy atom. The van der Waals surface area contributed by atoms with E-state index < -0.39 is 0 Å². The Morgan fingerprint density at radius 2 is 1.28 bits per heavy atom. The van der Waals surface area contributed by atoms with Gasteiger partial charge in [0.1, 0.15) is 11.4 Å². The van der Waals surface area contributed by atoms with Crippen molar-refractivity contribution in [2.24, 2.45) is 0 Å². The van der Waals surface area contributed by atoms with Gasteiger partial charge in [0.15, 0.2) is 11.4 Å². The van der Waals surface area contributed by atoms with Crippen molar-refractivity contribution >= 4 is 58.3 Å². The highest BCUT2D eigenvalue weighted by Crippen LogP contribution is 2.47. The first-order valence-corrected chi connectivity index (χ1v) is 8.01. The van der Waals surface area contributed by atoms with E-state index in [0.717, 1.165) is 33.3 Å². The molecular weight excluding hydrogens is 308 g/mol. The van der Waals surface area contributed by atoms with Crippen LogP contribution in [0.3, 0.4) is 0 Å². The average Bonchev–Trinajstić information content (AvgIpc) is 3.11. The maximum absolute atomic E-state index is 12.1. The Labute approximate surface area is 118 Å².